The lowest BCUT2D eigenvalue weighted by molar-refractivity contribution is 0.392. The lowest BCUT2D eigenvalue weighted by Gasteiger charge is -2.37. The fourth-order valence-corrected chi connectivity index (χ4v) is 2.96. The van der Waals surface area contributed by atoms with E-state index in [1.165, 1.54) is 11.8 Å². The fraction of sp³-hybridized carbons (Fsp3) is 0.385. The van der Waals surface area contributed by atoms with Gasteiger partial charge < -0.3 is 9.80 Å². The molecule has 2 rings (SSSR count). The molecule has 1 heterocycles. The number of piperazine rings is 1. The molecule has 4 nitrogen and oxygen atoms in total. The number of nitrogens with zero attached hydrogens (tertiary/aromatic N) is 4. The molecule has 1 fully saturated rings. The van der Waals surface area contributed by atoms with E-state index in [1.807, 2.05) is 36.7 Å². The van der Waals surface area contributed by atoms with Crippen molar-refractivity contribution in [3.05, 3.63) is 29.3 Å². The smallest absolute Gasteiger partial charge is 0.208 e. The van der Waals surface area contributed by atoms with E-state index >= 15 is 0 Å². The van der Waals surface area contributed by atoms with Crippen molar-refractivity contribution in [2.45, 2.75) is 0 Å². The second-order valence-electron chi connectivity index (χ2n) is 4.12. The zero-order chi connectivity index (χ0) is 13.7. The topological polar surface area (TPSA) is 42.6 Å². The van der Waals surface area contributed by atoms with Crippen LogP contribution in [0.5, 0.6) is 0 Å². The number of para-hydroxylation sites is 1. The van der Waals surface area contributed by atoms with Gasteiger partial charge in [0.1, 0.15) is 0 Å². The van der Waals surface area contributed by atoms with Crippen molar-refractivity contribution in [3.63, 3.8) is 0 Å². The summed E-state index contributed by atoms with van der Waals surface area (Å²) < 4.78 is 0. The molecule has 6 heteroatoms. The van der Waals surface area contributed by atoms with Gasteiger partial charge in [-0.2, -0.15) is 5.26 Å². The molecule has 0 spiro atoms. The zero-order valence-electron chi connectivity index (χ0n) is 10.7. The van der Waals surface area contributed by atoms with Gasteiger partial charge in [-0.1, -0.05) is 35.5 Å². The number of hydrogen-bond acceptors (Lipinski definition) is 4. The molecule has 0 unspecified atom stereocenters. The fourth-order valence-electron chi connectivity index (χ4n) is 2.14. The quantitative estimate of drug-likeness (QED) is 0.454. The van der Waals surface area contributed by atoms with Crippen LogP contribution in [0, 0.1) is 11.5 Å². The van der Waals surface area contributed by atoms with Crippen LogP contribution in [-0.4, -0.2) is 42.5 Å². The first-order valence-electron chi connectivity index (χ1n) is 6.01. The van der Waals surface area contributed by atoms with E-state index < -0.39 is 0 Å². The molecular weight excluding hydrogens is 280 g/mol. The average Bonchev–Trinajstić information content (AvgIpc) is 2.46. The maximum atomic E-state index is 8.66. The van der Waals surface area contributed by atoms with Crippen molar-refractivity contribution in [1.29, 1.82) is 5.26 Å². The summed E-state index contributed by atoms with van der Waals surface area (Å²) >= 11 is 7.72. The normalized spacial score (nSPS) is 16.4. The van der Waals surface area contributed by atoms with Gasteiger partial charge in [-0.3, -0.25) is 0 Å². The average molecular weight is 295 g/mol. The Balaban J connectivity index is 2.02. The summed E-state index contributed by atoms with van der Waals surface area (Å²) in [4.78, 5) is 8.26. The number of hydrogen-bond donors (Lipinski definition) is 0. The lowest BCUT2D eigenvalue weighted by Crippen LogP contribution is -2.48. The highest BCUT2D eigenvalue weighted by Gasteiger charge is 2.20. The standard InChI is InChI=1S/C13H15ClN4S/c1-19-13(16-10-15)18-8-6-17(7-9-18)12-5-3-2-4-11(12)14/h2-5H,6-9H2,1H3. The Labute approximate surface area is 122 Å². The second kappa shape index (κ2) is 6.69. The molecule has 1 aromatic rings. The Hall–Kier alpha value is -1.38. The molecule has 0 atom stereocenters. The second-order valence-corrected chi connectivity index (χ2v) is 5.30. The van der Waals surface area contributed by atoms with Crippen molar-refractivity contribution in [3.8, 4) is 6.19 Å². The third-order valence-corrected chi connectivity index (χ3v) is 4.11. The number of aliphatic imine (C=N–C) groups is 1. The highest BCUT2D eigenvalue weighted by Crippen LogP contribution is 2.26. The highest BCUT2D eigenvalue weighted by atomic mass is 35.5. The molecule has 1 saturated heterocycles. The van der Waals surface area contributed by atoms with Crippen molar-refractivity contribution in [2.75, 3.05) is 37.3 Å². The molecule has 0 N–H and O–H groups in total. The number of anilines is 1. The van der Waals surface area contributed by atoms with Gasteiger partial charge in [-0.25, -0.2) is 0 Å². The molecule has 100 valence electrons. The molecule has 1 aliphatic heterocycles. The molecule has 0 amide bonds. The first kappa shape index (κ1) is 14.0. The number of halogens is 1. The van der Waals surface area contributed by atoms with Crippen LogP contribution in [0.1, 0.15) is 0 Å². The van der Waals surface area contributed by atoms with Crippen LogP contribution in [0.4, 0.5) is 5.69 Å². The summed E-state index contributed by atoms with van der Waals surface area (Å²) in [6.45, 7) is 3.47. The first-order valence-corrected chi connectivity index (χ1v) is 7.61. The predicted octanol–water partition coefficient (Wildman–Crippen LogP) is 2.66. The number of nitriles is 1. The van der Waals surface area contributed by atoms with Gasteiger partial charge in [0, 0.05) is 26.2 Å². The molecule has 19 heavy (non-hydrogen) atoms. The summed E-state index contributed by atoms with van der Waals surface area (Å²) in [5.74, 6) is 0. The van der Waals surface area contributed by atoms with Crippen LogP contribution in [0.15, 0.2) is 29.3 Å². The maximum absolute atomic E-state index is 8.66. The minimum absolute atomic E-state index is 0.784. The van der Waals surface area contributed by atoms with Gasteiger partial charge >= 0.3 is 0 Å². The molecular formula is C13H15ClN4S. The first-order chi connectivity index (χ1) is 9.26. The number of benzene rings is 1. The maximum Gasteiger partial charge on any atom is 0.208 e. The minimum Gasteiger partial charge on any atom is -0.367 e. The van der Waals surface area contributed by atoms with Gasteiger partial charge in [-0.15, -0.1) is 4.99 Å². The minimum atomic E-state index is 0.784. The van der Waals surface area contributed by atoms with Gasteiger partial charge in [-0.05, 0) is 18.4 Å². The van der Waals surface area contributed by atoms with E-state index in [1.54, 1.807) is 0 Å². The van der Waals surface area contributed by atoms with Gasteiger partial charge in [0.2, 0.25) is 6.19 Å². The van der Waals surface area contributed by atoms with Gasteiger partial charge in [0.25, 0.3) is 0 Å². The lowest BCUT2D eigenvalue weighted by atomic mass is 10.2. The summed E-state index contributed by atoms with van der Waals surface area (Å²) in [6, 6.07) is 7.89. The molecule has 1 aliphatic rings. The van der Waals surface area contributed by atoms with Crippen molar-refractivity contribution in [2.24, 2.45) is 4.99 Å². The largest absolute Gasteiger partial charge is 0.367 e. The molecule has 0 aromatic heterocycles. The Morgan fingerprint density at radius 3 is 2.58 bits per heavy atom. The molecule has 0 radical (unpaired) electrons. The van der Waals surface area contributed by atoms with Gasteiger partial charge in [0.05, 0.1) is 10.7 Å². The molecule has 0 aliphatic carbocycles. The van der Waals surface area contributed by atoms with E-state index in [4.69, 9.17) is 16.9 Å². The molecule has 0 saturated carbocycles. The summed E-state index contributed by atoms with van der Waals surface area (Å²) in [6.07, 6.45) is 3.80. The molecule has 0 bridgehead atoms. The number of rotatable bonds is 1. The summed E-state index contributed by atoms with van der Waals surface area (Å²) in [7, 11) is 0. The van der Waals surface area contributed by atoms with Gasteiger partial charge in [0.15, 0.2) is 5.17 Å². The Morgan fingerprint density at radius 2 is 2.00 bits per heavy atom. The Kier molecular flexibility index (Phi) is 4.94. The summed E-state index contributed by atoms with van der Waals surface area (Å²) in [5, 5.41) is 10.2. The Bertz CT molecular complexity index is 504. The van der Waals surface area contributed by atoms with Crippen LogP contribution in [-0.2, 0) is 0 Å². The zero-order valence-corrected chi connectivity index (χ0v) is 12.3. The SMILES string of the molecule is CSC(=NC#N)N1CCN(c2ccccc2Cl)CC1. The van der Waals surface area contributed by atoms with Crippen molar-refractivity contribution >= 4 is 34.2 Å². The van der Waals surface area contributed by atoms with E-state index in [0.29, 0.717) is 0 Å². The predicted molar refractivity (Wildman–Crippen MR) is 81.8 cm³/mol. The van der Waals surface area contributed by atoms with Crippen molar-refractivity contribution in [1.82, 2.24) is 4.90 Å². The van der Waals surface area contributed by atoms with E-state index in [9.17, 15) is 0 Å². The monoisotopic (exact) mass is 294 g/mol. The van der Waals surface area contributed by atoms with Crippen LogP contribution in [0.2, 0.25) is 5.02 Å². The van der Waals surface area contributed by atoms with E-state index in [2.05, 4.69) is 14.8 Å². The molecule has 1 aromatic carbocycles. The van der Waals surface area contributed by atoms with Crippen molar-refractivity contribution < 1.29 is 0 Å². The summed E-state index contributed by atoms with van der Waals surface area (Å²) in [5.41, 5.74) is 1.08. The van der Waals surface area contributed by atoms with Crippen LogP contribution in [0.25, 0.3) is 0 Å². The highest BCUT2D eigenvalue weighted by molar-refractivity contribution is 8.13. The van der Waals surface area contributed by atoms with Crippen LogP contribution in [0.3, 0.4) is 0 Å². The Morgan fingerprint density at radius 1 is 1.32 bits per heavy atom. The van der Waals surface area contributed by atoms with Crippen LogP contribution < -0.4 is 4.90 Å². The van der Waals surface area contributed by atoms with E-state index in [0.717, 1.165) is 42.1 Å². The number of amidine groups is 1. The number of thioether (sulfide) groups is 1. The van der Waals surface area contributed by atoms with Crippen LogP contribution >= 0.6 is 23.4 Å². The third kappa shape index (κ3) is 3.34. The third-order valence-electron chi connectivity index (χ3n) is 3.07. The van der Waals surface area contributed by atoms with E-state index in [-0.39, 0.29) is 0 Å².